The summed E-state index contributed by atoms with van der Waals surface area (Å²) in [6.07, 6.45) is 2.40. The zero-order chi connectivity index (χ0) is 10.4. The molecule has 0 saturated carbocycles. The molecule has 0 saturated heterocycles. The lowest BCUT2D eigenvalue weighted by Gasteiger charge is -2.18. The molecule has 1 N–H and O–H groups in total. The monoisotopic (exact) mass is 255 g/mol. The number of nitrogens with one attached hydrogen (secondary N) is 1. The maximum absolute atomic E-state index is 3.60. The highest BCUT2D eigenvalue weighted by atomic mass is 79.9. The van der Waals surface area contributed by atoms with Gasteiger partial charge in [-0.15, -0.1) is 0 Å². The van der Waals surface area contributed by atoms with E-state index in [1.165, 1.54) is 22.9 Å². The Kier molecular flexibility index (Phi) is 5.20. The first-order valence-electron chi connectivity index (χ1n) is 5.27. The van der Waals surface area contributed by atoms with E-state index in [1.807, 2.05) is 0 Å². The summed E-state index contributed by atoms with van der Waals surface area (Å²) in [5.41, 5.74) is 1.37. The number of rotatable bonds is 5. The van der Waals surface area contributed by atoms with Gasteiger partial charge in [0.2, 0.25) is 0 Å². The molecular formula is C12H18BrN. The average molecular weight is 256 g/mol. The fraction of sp³-hybridized carbons (Fsp3) is 0.500. The molecule has 0 amide bonds. The van der Waals surface area contributed by atoms with Crippen LogP contribution in [0.1, 0.15) is 38.3 Å². The van der Waals surface area contributed by atoms with E-state index in [1.54, 1.807) is 0 Å². The molecule has 1 atom stereocenters. The van der Waals surface area contributed by atoms with Crippen molar-refractivity contribution in [2.75, 3.05) is 6.54 Å². The maximum atomic E-state index is 3.60. The fourth-order valence-corrected chi connectivity index (χ4v) is 2.22. The third-order valence-electron chi connectivity index (χ3n) is 2.31. The molecule has 0 spiro atoms. The van der Waals surface area contributed by atoms with E-state index < -0.39 is 0 Å². The van der Waals surface area contributed by atoms with E-state index in [0.29, 0.717) is 6.04 Å². The number of halogens is 1. The minimum absolute atomic E-state index is 0.487. The lowest BCUT2D eigenvalue weighted by atomic mass is 10.0. The van der Waals surface area contributed by atoms with Gasteiger partial charge in [0, 0.05) is 10.5 Å². The molecule has 14 heavy (non-hydrogen) atoms. The molecule has 0 aliphatic rings. The van der Waals surface area contributed by atoms with Crippen molar-refractivity contribution in [3.63, 3.8) is 0 Å². The summed E-state index contributed by atoms with van der Waals surface area (Å²) in [6, 6.07) is 8.94. The van der Waals surface area contributed by atoms with Crippen LogP contribution in [0.15, 0.2) is 28.7 Å². The Morgan fingerprint density at radius 1 is 1.29 bits per heavy atom. The van der Waals surface area contributed by atoms with E-state index in [4.69, 9.17) is 0 Å². The lowest BCUT2D eigenvalue weighted by Crippen LogP contribution is -2.20. The summed E-state index contributed by atoms with van der Waals surface area (Å²) >= 11 is 3.60. The van der Waals surface area contributed by atoms with Gasteiger partial charge in [0.1, 0.15) is 0 Å². The molecule has 78 valence electrons. The van der Waals surface area contributed by atoms with E-state index in [2.05, 4.69) is 59.4 Å². The van der Waals surface area contributed by atoms with Gasteiger partial charge in [0.25, 0.3) is 0 Å². The van der Waals surface area contributed by atoms with Crippen LogP contribution in [-0.2, 0) is 0 Å². The predicted molar refractivity (Wildman–Crippen MR) is 65.5 cm³/mol. The van der Waals surface area contributed by atoms with E-state index in [-0.39, 0.29) is 0 Å². The molecule has 2 heteroatoms. The Morgan fingerprint density at radius 3 is 2.57 bits per heavy atom. The largest absolute Gasteiger partial charge is 0.310 e. The van der Waals surface area contributed by atoms with Crippen LogP contribution in [0.25, 0.3) is 0 Å². The third kappa shape index (κ3) is 3.10. The van der Waals surface area contributed by atoms with Crippen LogP contribution < -0.4 is 5.32 Å². The number of hydrogen-bond acceptors (Lipinski definition) is 1. The van der Waals surface area contributed by atoms with Gasteiger partial charge in [-0.3, -0.25) is 0 Å². The molecule has 0 heterocycles. The predicted octanol–water partition coefficient (Wildman–Crippen LogP) is 3.90. The second kappa shape index (κ2) is 6.20. The smallest absolute Gasteiger partial charge is 0.0331 e. The van der Waals surface area contributed by atoms with Crippen molar-refractivity contribution in [1.29, 1.82) is 0 Å². The summed E-state index contributed by atoms with van der Waals surface area (Å²) in [7, 11) is 0. The van der Waals surface area contributed by atoms with E-state index in [9.17, 15) is 0 Å². The molecule has 0 fully saturated rings. The molecule has 1 unspecified atom stereocenters. The minimum Gasteiger partial charge on any atom is -0.310 e. The SMILES string of the molecule is CCCC(NCC)c1ccccc1Br. The van der Waals surface area contributed by atoms with Gasteiger partial charge >= 0.3 is 0 Å². The van der Waals surface area contributed by atoms with E-state index in [0.717, 1.165) is 6.54 Å². The maximum Gasteiger partial charge on any atom is 0.0331 e. The Hall–Kier alpha value is -0.340. The molecule has 0 aromatic heterocycles. The third-order valence-corrected chi connectivity index (χ3v) is 3.03. The first-order chi connectivity index (χ1) is 6.79. The lowest BCUT2D eigenvalue weighted by molar-refractivity contribution is 0.507. The highest BCUT2D eigenvalue weighted by Crippen LogP contribution is 2.25. The molecule has 0 bridgehead atoms. The summed E-state index contributed by atoms with van der Waals surface area (Å²) in [5.74, 6) is 0. The Labute approximate surface area is 95.0 Å². The van der Waals surface area contributed by atoms with Crippen LogP contribution in [0.5, 0.6) is 0 Å². The van der Waals surface area contributed by atoms with Gasteiger partial charge in [-0.1, -0.05) is 54.4 Å². The van der Waals surface area contributed by atoms with Crippen molar-refractivity contribution in [1.82, 2.24) is 5.32 Å². The van der Waals surface area contributed by atoms with Crippen molar-refractivity contribution >= 4 is 15.9 Å². The van der Waals surface area contributed by atoms with Crippen LogP contribution in [-0.4, -0.2) is 6.54 Å². The van der Waals surface area contributed by atoms with Crippen molar-refractivity contribution in [3.05, 3.63) is 34.3 Å². The highest BCUT2D eigenvalue weighted by Gasteiger charge is 2.11. The zero-order valence-electron chi connectivity index (χ0n) is 8.89. The van der Waals surface area contributed by atoms with Gasteiger partial charge in [-0.05, 0) is 24.6 Å². The normalized spacial score (nSPS) is 12.8. The fourth-order valence-electron chi connectivity index (χ4n) is 1.66. The van der Waals surface area contributed by atoms with Crippen LogP contribution in [0, 0.1) is 0 Å². The van der Waals surface area contributed by atoms with Gasteiger partial charge in [0.05, 0.1) is 0 Å². The molecule has 0 aliphatic heterocycles. The first-order valence-corrected chi connectivity index (χ1v) is 6.06. The van der Waals surface area contributed by atoms with Gasteiger partial charge in [-0.25, -0.2) is 0 Å². The van der Waals surface area contributed by atoms with Gasteiger partial charge in [0.15, 0.2) is 0 Å². The number of hydrogen-bond donors (Lipinski definition) is 1. The Balaban J connectivity index is 2.81. The van der Waals surface area contributed by atoms with Gasteiger partial charge < -0.3 is 5.32 Å². The van der Waals surface area contributed by atoms with Crippen LogP contribution in [0.4, 0.5) is 0 Å². The van der Waals surface area contributed by atoms with Gasteiger partial charge in [-0.2, -0.15) is 0 Å². The molecular weight excluding hydrogens is 238 g/mol. The van der Waals surface area contributed by atoms with Crippen molar-refractivity contribution in [2.24, 2.45) is 0 Å². The quantitative estimate of drug-likeness (QED) is 0.842. The van der Waals surface area contributed by atoms with E-state index >= 15 is 0 Å². The topological polar surface area (TPSA) is 12.0 Å². The molecule has 1 aromatic rings. The second-order valence-corrected chi connectivity index (χ2v) is 4.27. The molecule has 1 nitrogen and oxygen atoms in total. The Morgan fingerprint density at radius 2 is 2.00 bits per heavy atom. The first kappa shape index (κ1) is 11.7. The second-order valence-electron chi connectivity index (χ2n) is 3.42. The summed E-state index contributed by atoms with van der Waals surface area (Å²) < 4.78 is 1.21. The number of benzene rings is 1. The van der Waals surface area contributed by atoms with Crippen LogP contribution in [0.2, 0.25) is 0 Å². The molecule has 0 radical (unpaired) electrons. The average Bonchev–Trinajstić information content (AvgIpc) is 2.18. The summed E-state index contributed by atoms with van der Waals surface area (Å²) in [5, 5.41) is 3.51. The molecule has 1 aromatic carbocycles. The molecule has 1 rings (SSSR count). The standard InChI is InChI=1S/C12H18BrN/c1-3-7-12(14-4-2)10-8-5-6-9-11(10)13/h5-6,8-9,12,14H,3-4,7H2,1-2H3. The highest BCUT2D eigenvalue weighted by molar-refractivity contribution is 9.10. The summed E-state index contributed by atoms with van der Waals surface area (Å²) in [6.45, 7) is 5.40. The van der Waals surface area contributed by atoms with Crippen LogP contribution in [0.3, 0.4) is 0 Å². The van der Waals surface area contributed by atoms with Crippen molar-refractivity contribution in [2.45, 2.75) is 32.7 Å². The van der Waals surface area contributed by atoms with Crippen molar-refractivity contribution < 1.29 is 0 Å². The summed E-state index contributed by atoms with van der Waals surface area (Å²) in [4.78, 5) is 0. The molecule has 0 aliphatic carbocycles. The van der Waals surface area contributed by atoms with Crippen LogP contribution >= 0.6 is 15.9 Å². The Bertz CT molecular complexity index is 267. The van der Waals surface area contributed by atoms with Crippen molar-refractivity contribution in [3.8, 4) is 0 Å². The zero-order valence-corrected chi connectivity index (χ0v) is 10.5. The minimum atomic E-state index is 0.487.